The molecular weight excluding hydrogens is 320 g/mol. The Hall–Kier alpha value is -2.83. The van der Waals surface area contributed by atoms with Crippen molar-refractivity contribution < 1.29 is 14.3 Å². The number of ether oxygens (including phenoxy) is 1. The fourth-order valence-electron chi connectivity index (χ4n) is 3.29. The summed E-state index contributed by atoms with van der Waals surface area (Å²) in [6.45, 7) is 1.77. The van der Waals surface area contributed by atoms with Gasteiger partial charge in [-0.15, -0.1) is 0 Å². The van der Waals surface area contributed by atoms with Gasteiger partial charge < -0.3 is 14.6 Å². The number of cyclic esters (lactones) is 1. The quantitative estimate of drug-likeness (QED) is 0.926. The number of nitrogens with one attached hydrogen (secondary N) is 1. The molecule has 130 valence electrons. The summed E-state index contributed by atoms with van der Waals surface area (Å²) in [7, 11) is 0. The zero-order valence-electron chi connectivity index (χ0n) is 13.9. The number of para-hydroxylation sites is 1. The van der Waals surface area contributed by atoms with Crippen molar-refractivity contribution in [3.05, 3.63) is 36.3 Å². The maximum Gasteiger partial charge on any atom is 0.410 e. The lowest BCUT2D eigenvalue weighted by molar-refractivity contribution is -0.116. The van der Waals surface area contributed by atoms with E-state index >= 15 is 0 Å². The number of hydrogen-bond acceptors (Lipinski definition) is 4. The van der Waals surface area contributed by atoms with E-state index in [2.05, 4.69) is 16.1 Å². The molecule has 0 aliphatic carbocycles. The van der Waals surface area contributed by atoms with Crippen molar-refractivity contribution in [1.29, 1.82) is 0 Å². The van der Waals surface area contributed by atoms with Crippen LogP contribution in [0.2, 0.25) is 0 Å². The first kappa shape index (κ1) is 15.7. The summed E-state index contributed by atoms with van der Waals surface area (Å²) in [6, 6.07) is 7.61. The number of imidazole rings is 1. The van der Waals surface area contributed by atoms with Gasteiger partial charge in [0.25, 0.3) is 0 Å². The van der Waals surface area contributed by atoms with Crippen LogP contribution in [-0.2, 0) is 22.5 Å². The van der Waals surface area contributed by atoms with Crippen LogP contribution in [0.5, 0.6) is 0 Å². The lowest BCUT2D eigenvalue weighted by atomic mass is 10.1. The molecule has 3 heterocycles. The van der Waals surface area contributed by atoms with Crippen LogP contribution < -0.4 is 5.32 Å². The molecule has 1 fully saturated rings. The van der Waals surface area contributed by atoms with Crippen molar-refractivity contribution >= 4 is 17.7 Å². The van der Waals surface area contributed by atoms with E-state index in [1.165, 1.54) is 17.7 Å². The molecule has 25 heavy (non-hydrogen) atoms. The summed E-state index contributed by atoms with van der Waals surface area (Å²) in [4.78, 5) is 29.9. The average molecular weight is 340 g/mol. The van der Waals surface area contributed by atoms with Gasteiger partial charge in [-0.25, -0.2) is 9.78 Å². The van der Waals surface area contributed by atoms with Gasteiger partial charge >= 0.3 is 6.09 Å². The van der Waals surface area contributed by atoms with E-state index in [0.29, 0.717) is 18.8 Å². The SMILES string of the molecule is O=C(CN1CCOC1=O)Nc1ccccc1-c1cn2c(n1)CCCC2. The van der Waals surface area contributed by atoms with Gasteiger partial charge in [-0.2, -0.15) is 0 Å². The second-order valence-corrected chi connectivity index (χ2v) is 6.32. The lowest BCUT2D eigenvalue weighted by Gasteiger charge is -2.14. The number of fused-ring (bicyclic) bond motifs is 1. The number of anilines is 1. The molecular formula is C18H20N4O3. The second-order valence-electron chi connectivity index (χ2n) is 6.32. The van der Waals surface area contributed by atoms with Crippen molar-refractivity contribution in [2.45, 2.75) is 25.8 Å². The standard InChI is InChI=1S/C18H20N4O3/c23-17(12-22-9-10-25-18(22)24)20-14-6-2-1-5-13(14)15-11-21-8-4-3-7-16(21)19-15/h1-2,5-6,11H,3-4,7-10,12H2,(H,20,23). The van der Waals surface area contributed by atoms with E-state index in [1.807, 2.05) is 24.3 Å². The first-order chi connectivity index (χ1) is 12.2. The minimum Gasteiger partial charge on any atom is -0.448 e. The maximum atomic E-state index is 12.3. The first-order valence-electron chi connectivity index (χ1n) is 8.58. The van der Waals surface area contributed by atoms with Crippen molar-refractivity contribution in [3.8, 4) is 11.3 Å². The van der Waals surface area contributed by atoms with E-state index in [4.69, 9.17) is 9.72 Å². The Morgan fingerprint density at radius 1 is 1.24 bits per heavy atom. The second kappa shape index (κ2) is 6.58. The van der Waals surface area contributed by atoms with Crippen molar-refractivity contribution in [1.82, 2.24) is 14.5 Å². The van der Waals surface area contributed by atoms with E-state index in [0.717, 1.165) is 30.0 Å². The topological polar surface area (TPSA) is 76.5 Å². The molecule has 1 aromatic carbocycles. The van der Waals surface area contributed by atoms with Gasteiger partial charge in [-0.3, -0.25) is 9.69 Å². The molecule has 0 spiro atoms. The van der Waals surface area contributed by atoms with Crippen LogP contribution >= 0.6 is 0 Å². The van der Waals surface area contributed by atoms with Crippen LogP contribution in [0.25, 0.3) is 11.3 Å². The highest BCUT2D eigenvalue weighted by Crippen LogP contribution is 2.28. The molecule has 2 aliphatic heterocycles. The highest BCUT2D eigenvalue weighted by Gasteiger charge is 2.24. The molecule has 0 saturated carbocycles. The molecule has 0 atom stereocenters. The Bertz CT molecular complexity index is 791. The monoisotopic (exact) mass is 340 g/mol. The number of nitrogens with zero attached hydrogens (tertiary/aromatic N) is 3. The summed E-state index contributed by atoms with van der Waals surface area (Å²) in [6.07, 6.45) is 4.95. The van der Waals surface area contributed by atoms with Crippen LogP contribution in [0, 0.1) is 0 Å². The third kappa shape index (κ3) is 3.22. The fraction of sp³-hybridized carbons (Fsp3) is 0.389. The number of aromatic nitrogens is 2. The fourth-order valence-corrected chi connectivity index (χ4v) is 3.29. The number of carbonyl (C=O) groups excluding carboxylic acids is 2. The van der Waals surface area contributed by atoms with Crippen molar-refractivity contribution in [3.63, 3.8) is 0 Å². The maximum absolute atomic E-state index is 12.3. The van der Waals surface area contributed by atoms with Gasteiger partial charge in [0.2, 0.25) is 5.91 Å². The molecule has 2 aromatic rings. The molecule has 0 radical (unpaired) electrons. The average Bonchev–Trinajstić information content (AvgIpc) is 3.21. The largest absolute Gasteiger partial charge is 0.448 e. The summed E-state index contributed by atoms with van der Waals surface area (Å²) < 4.78 is 7.04. The van der Waals surface area contributed by atoms with Crippen LogP contribution in [0.4, 0.5) is 10.5 Å². The molecule has 7 nitrogen and oxygen atoms in total. The summed E-state index contributed by atoms with van der Waals surface area (Å²) >= 11 is 0. The number of carbonyl (C=O) groups is 2. The number of hydrogen-bond donors (Lipinski definition) is 1. The van der Waals surface area contributed by atoms with Crippen LogP contribution in [0.1, 0.15) is 18.7 Å². The molecule has 2 amide bonds. The Morgan fingerprint density at radius 3 is 2.92 bits per heavy atom. The molecule has 0 bridgehead atoms. The predicted molar refractivity (Wildman–Crippen MR) is 92.2 cm³/mol. The zero-order chi connectivity index (χ0) is 17.2. The van der Waals surface area contributed by atoms with Gasteiger partial charge in [0.15, 0.2) is 0 Å². The molecule has 0 unspecified atom stereocenters. The van der Waals surface area contributed by atoms with Crippen LogP contribution in [-0.4, -0.2) is 46.1 Å². The molecule has 4 rings (SSSR count). The number of benzene rings is 1. The molecule has 7 heteroatoms. The normalized spacial score (nSPS) is 16.5. The van der Waals surface area contributed by atoms with E-state index in [1.54, 1.807) is 0 Å². The number of rotatable bonds is 4. The number of amides is 2. The zero-order valence-corrected chi connectivity index (χ0v) is 13.9. The number of aryl methyl sites for hydroxylation is 2. The first-order valence-corrected chi connectivity index (χ1v) is 8.58. The Balaban J connectivity index is 1.53. The van der Waals surface area contributed by atoms with Gasteiger partial charge in [0, 0.05) is 24.7 Å². The summed E-state index contributed by atoms with van der Waals surface area (Å²) in [5, 5.41) is 2.90. The van der Waals surface area contributed by atoms with Gasteiger partial charge in [0.1, 0.15) is 19.0 Å². The van der Waals surface area contributed by atoms with Crippen LogP contribution in [0.15, 0.2) is 30.5 Å². The van der Waals surface area contributed by atoms with Gasteiger partial charge in [-0.1, -0.05) is 18.2 Å². The van der Waals surface area contributed by atoms with Crippen molar-refractivity contribution in [2.75, 3.05) is 25.0 Å². The lowest BCUT2D eigenvalue weighted by Crippen LogP contribution is -2.33. The smallest absolute Gasteiger partial charge is 0.410 e. The van der Waals surface area contributed by atoms with Crippen LogP contribution in [0.3, 0.4) is 0 Å². The highest BCUT2D eigenvalue weighted by molar-refractivity contribution is 5.97. The molecule has 1 aromatic heterocycles. The molecule has 1 N–H and O–H groups in total. The Morgan fingerprint density at radius 2 is 2.12 bits per heavy atom. The van der Waals surface area contributed by atoms with Crippen molar-refractivity contribution in [2.24, 2.45) is 0 Å². The van der Waals surface area contributed by atoms with Gasteiger partial charge in [-0.05, 0) is 18.9 Å². The third-order valence-electron chi connectivity index (χ3n) is 4.57. The Kier molecular flexibility index (Phi) is 4.13. The van der Waals surface area contributed by atoms with E-state index in [-0.39, 0.29) is 12.5 Å². The van der Waals surface area contributed by atoms with Gasteiger partial charge in [0.05, 0.1) is 17.9 Å². The highest BCUT2D eigenvalue weighted by atomic mass is 16.6. The third-order valence-corrected chi connectivity index (χ3v) is 4.57. The molecule has 2 aliphatic rings. The molecule has 1 saturated heterocycles. The summed E-state index contributed by atoms with van der Waals surface area (Å²) in [5.41, 5.74) is 2.46. The van der Waals surface area contributed by atoms with E-state index < -0.39 is 6.09 Å². The minimum absolute atomic E-state index is 0.00709. The van der Waals surface area contributed by atoms with E-state index in [9.17, 15) is 9.59 Å². The minimum atomic E-state index is -0.440. The summed E-state index contributed by atoms with van der Waals surface area (Å²) in [5.74, 6) is 0.859. The predicted octanol–water partition coefficient (Wildman–Crippen LogP) is 2.28. The Labute approximate surface area is 145 Å².